The first-order chi connectivity index (χ1) is 8.70. The van der Waals surface area contributed by atoms with Crippen molar-refractivity contribution in [3.63, 3.8) is 0 Å². The number of hydrogen-bond donors (Lipinski definition) is 2. The van der Waals surface area contributed by atoms with Gasteiger partial charge < -0.3 is 10.8 Å². The zero-order chi connectivity index (χ0) is 12.4. The van der Waals surface area contributed by atoms with E-state index in [4.69, 9.17) is 5.73 Å². The van der Waals surface area contributed by atoms with Crippen LogP contribution in [0.2, 0.25) is 0 Å². The molecule has 2 nitrogen and oxygen atoms in total. The Hall–Kier alpha value is -0.0800. The molecule has 2 bridgehead atoms. The summed E-state index contributed by atoms with van der Waals surface area (Å²) >= 11 is 0. The second-order valence-corrected chi connectivity index (χ2v) is 7.68. The minimum atomic E-state index is -0.394. The molecule has 0 aromatic heterocycles. The molecule has 102 valence electrons. The van der Waals surface area contributed by atoms with Crippen molar-refractivity contribution in [2.75, 3.05) is 6.54 Å². The Labute approximate surface area is 110 Å². The summed E-state index contributed by atoms with van der Waals surface area (Å²) in [6.45, 7) is 0.712. The molecule has 0 radical (unpaired) electrons. The van der Waals surface area contributed by atoms with E-state index in [0.29, 0.717) is 12.5 Å². The fraction of sp³-hybridized carbons (Fsp3) is 1.00. The largest absolute Gasteiger partial charge is 0.389 e. The third kappa shape index (κ3) is 1.22. The zero-order valence-corrected chi connectivity index (χ0v) is 11.4. The molecule has 0 saturated heterocycles. The molecule has 4 rings (SSSR count). The molecule has 0 aromatic carbocycles. The quantitative estimate of drug-likeness (QED) is 0.790. The first-order valence-electron chi connectivity index (χ1n) is 8.13. The monoisotopic (exact) mass is 249 g/mol. The van der Waals surface area contributed by atoms with E-state index in [1.165, 1.54) is 51.4 Å². The molecule has 2 heteroatoms. The van der Waals surface area contributed by atoms with Crippen LogP contribution in [0, 0.1) is 29.1 Å². The van der Waals surface area contributed by atoms with Gasteiger partial charge in [0.1, 0.15) is 0 Å². The van der Waals surface area contributed by atoms with E-state index in [1.807, 2.05) is 0 Å². The van der Waals surface area contributed by atoms with Crippen molar-refractivity contribution in [2.45, 2.75) is 63.4 Å². The fourth-order valence-electron chi connectivity index (χ4n) is 6.59. The first-order valence-corrected chi connectivity index (χ1v) is 8.13. The van der Waals surface area contributed by atoms with E-state index >= 15 is 0 Å². The summed E-state index contributed by atoms with van der Waals surface area (Å²) in [7, 11) is 0. The second-order valence-electron chi connectivity index (χ2n) is 7.68. The number of aliphatic hydroxyl groups is 1. The van der Waals surface area contributed by atoms with Crippen LogP contribution in [0.25, 0.3) is 0 Å². The van der Waals surface area contributed by atoms with E-state index in [-0.39, 0.29) is 5.41 Å². The SMILES string of the molecule is NCC1(C2(O)CC3CC2C2CCCC32)CCCC1. The highest BCUT2D eigenvalue weighted by atomic mass is 16.3. The fourth-order valence-corrected chi connectivity index (χ4v) is 6.59. The van der Waals surface area contributed by atoms with Gasteiger partial charge in [-0.25, -0.2) is 0 Å². The lowest BCUT2D eigenvalue weighted by Crippen LogP contribution is -2.56. The van der Waals surface area contributed by atoms with Gasteiger partial charge in [0.25, 0.3) is 0 Å². The molecular weight excluding hydrogens is 222 g/mol. The summed E-state index contributed by atoms with van der Waals surface area (Å²) in [5, 5.41) is 11.5. The highest BCUT2D eigenvalue weighted by Crippen LogP contribution is 2.68. The maximum Gasteiger partial charge on any atom is 0.0749 e. The number of nitrogens with two attached hydrogens (primary N) is 1. The highest BCUT2D eigenvalue weighted by Gasteiger charge is 2.66. The minimum Gasteiger partial charge on any atom is -0.389 e. The van der Waals surface area contributed by atoms with Crippen LogP contribution in [-0.4, -0.2) is 17.3 Å². The van der Waals surface area contributed by atoms with Crippen LogP contribution >= 0.6 is 0 Å². The van der Waals surface area contributed by atoms with Crippen molar-refractivity contribution in [1.29, 1.82) is 0 Å². The second kappa shape index (κ2) is 3.73. The van der Waals surface area contributed by atoms with Crippen molar-refractivity contribution >= 4 is 0 Å². The zero-order valence-electron chi connectivity index (χ0n) is 11.4. The van der Waals surface area contributed by atoms with Crippen molar-refractivity contribution in [2.24, 2.45) is 34.8 Å². The molecule has 18 heavy (non-hydrogen) atoms. The van der Waals surface area contributed by atoms with Crippen LogP contribution in [0.4, 0.5) is 0 Å². The van der Waals surface area contributed by atoms with Crippen LogP contribution in [0.5, 0.6) is 0 Å². The van der Waals surface area contributed by atoms with E-state index < -0.39 is 5.60 Å². The molecule has 0 amide bonds. The lowest BCUT2D eigenvalue weighted by Gasteiger charge is -2.50. The molecule has 3 N–H and O–H groups in total. The standard InChI is InChI=1S/C16H27NO/c17-10-15(6-1-2-7-15)16(18)9-11-8-14(16)13-5-3-4-12(11)13/h11-14,18H,1-10,17H2. The van der Waals surface area contributed by atoms with E-state index in [2.05, 4.69) is 0 Å². The average molecular weight is 249 g/mol. The van der Waals surface area contributed by atoms with Crippen molar-refractivity contribution in [3.8, 4) is 0 Å². The van der Waals surface area contributed by atoms with Crippen molar-refractivity contribution < 1.29 is 5.11 Å². The third-order valence-corrected chi connectivity index (χ3v) is 7.36. The number of fused-ring (bicyclic) bond motifs is 5. The van der Waals surface area contributed by atoms with Gasteiger partial charge in [-0.05, 0) is 62.2 Å². The van der Waals surface area contributed by atoms with Gasteiger partial charge >= 0.3 is 0 Å². The molecule has 5 unspecified atom stereocenters. The molecule has 0 heterocycles. The summed E-state index contributed by atoms with van der Waals surface area (Å²) in [5.74, 6) is 3.23. The van der Waals surface area contributed by atoms with Gasteiger partial charge in [0.15, 0.2) is 0 Å². The van der Waals surface area contributed by atoms with E-state index in [9.17, 15) is 5.11 Å². The molecule has 4 fully saturated rings. The summed E-state index contributed by atoms with van der Waals surface area (Å²) in [4.78, 5) is 0. The predicted molar refractivity (Wildman–Crippen MR) is 72.0 cm³/mol. The lowest BCUT2D eigenvalue weighted by atomic mass is 9.59. The maximum absolute atomic E-state index is 11.5. The van der Waals surface area contributed by atoms with Crippen LogP contribution in [0.15, 0.2) is 0 Å². The summed E-state index contributed by atoms with van der Waals surface area (Å²) < 4.78 is 0. The molecule has 0 spiro atoms. The highest BCUT2D eigenvalue weighted by molar-refractivity contribution is 5.17. The molecule has 4 aliphatic rings. The third-order valence-electron chi connectivity index (χ3n) is 7.36. The summed E-state index contributed by atoms with van der Waals surface area (Å²) in [6, 6.07) is 0. The lowest BCUT2D eigenvalue weighted by molar-refractivity contribution is -0.137. The first kappa shape index (κ1) is 11.7. The van der Waals surface area contributed by atoms with E-state index in [0.717, 1.165) is 24.2 Å². The molecular formula is C16H27NO. The van der Waals surface area contributed by atoms with Crippen LogP contribution in [-0.2, 0) is 0 Å². The number of rotatable bonds is 2. The average Bonchev–Trinajstić information content (AvgIpc) is 3.10. The van der Waals surface area contributed by atoms with Gasteiger partial charge in [0, 0.05) is 12.0 Å². The summed E-state index contributed by atoms with van der Waals surface area (Å²) in [6.07, 6.45) is 11.6. The van der Waals surface area contributed by atoms with Crippen LogP contribution < -0.4 is 5.73 Å². The molecule has 5 atom stereocenters. The Balaban J connectivity index is 1.68. The molecule has 0 aliphatic heterocycles. The van der Waals surface area contributed by atoms with Crippen LogP contribution in [0.1, 0.15) is 57.8 Å². The van der Waals surface area contributed by atoms with Crippen LogP contribution in [0.3, 0.4) is 0 Å². The van der Waals surface area contributed by atoms with Gasteiger partial charge in [0.05, 0.1) is 5.60 Å². The Morgan fingerprint density at radius 2 is 1.78 bits per heavy atom. The Morgan fingerprint density at radius 3 is 2.50 bits per heavy atom. The summed E-state index contributed by atoms with van der Waals surface area (Å²) in [5.41, 5.74) is 5.83. The Kier molecular flexibility index (Phi) is 2.43. The predicted octanol–water partition coefficient (Wildman–Crippen LogP) is 2.69. The normalized spacial score (nSPS) is 53.0. The van der Waals surface area contributed by atoms with Gasteiger partial charge in [-0.15, -0.1) is 0 Å². The molecule has 4 saturated carbocycles. The smallest absolute Gasteiger partial charge is 0.0749 e. The van der Waals surface area contributed by atoms with Crippen molar-refractivity contribution in [1.82, 2.24) is 0 Å². The van der Waals surface area contributed by atoms with E-state index in [1.54, 1.807) is 0 Å². The Morgan fingerprint density at radius 1 is 1.06 bits per heavy atom. The van der Waals surface area contributed by atoms with Gasteiger partial charge in [0.2, 0.25) is 0 Å². The van der Waals surface area contributed by atoms with Gasteiger partial charge in [-0.3, -0.25) is 0 Å². The molecule has 0 aromatic rings. The maximum atomic E-state index is 11.5. The van der Waals surface area contributed by atoms with Gasteiger partial charge in [-0.1, -0.05) is 19.3 Å². The van der Waals surface area contributed by atoms with Crippen molar-refractivity contribution in [3.05, 3.63) is 0 Å². The minimum absolute atomic E-state index is 0.0833. The topological polar surface area (TPSA) is 46.2 Å². The Bertz CT molecular complexity index is 349. The van der Waals surface area contributed by atoms with Gasteiger partial charge in [-0.2, -0.15) is 0 Å². The molecule has 4 aliphatic carbocycles. The number of hydrogen-bond acceptors (Lipinski definition) is 2.